The molecule has 2 aromatic carbocycles. The number of halogens is 3. The monoisotopic (exact) mass is 310 g/mol. The van der Waals surface area contributed by atoms with Crippen LogP contribution in [-0.2, 0) is 17.5 Å². The van der Waals surface area contributed by atoms with Crippen molar-refractivity contribution in [3.05, 3.63) is 59.2 Å². The quantitative estimate of drug-likeness (QED) is 0.920. The molecule has 0 saturated carbocycles. The maximum atomic E-state index is 13.1. The highest BCUT2D eigenvalue weighted by atomic mass is 19.4. The van der Waals surface area contributed by atoms with Crippen molar-refractivity contribution in [1.82, 2.24) is 0 Å². The SMILES string of the molecule is COCc1cc(C(=O)O)ccc1-c1ccccc1C(F)(F)F. The first-order valence-corrected chi connectivity index (χ1v) is 6.36. The van der Waals surface area contributed by atoms with Gasteiger partial charge in [0.2, 0.25) is 0 Å². The van der Waals surface area contributed by atoms with Crippen molar-refractivity contribution in [2.24, 2.45) is 0 Å². The average molecular weight is 310 g/mol. The minimum Gasteiger partial charge on any atom is -0.478 e. The Bertz CT molecular complexity index is 693. The molecular weight excluding hydrogens is 297 g/mol. The largest absolute Gasteiger partial charge is 0.478 e. The highest BCUT2D eigenvalue weighted by molar-refractivity contribution is 5.89. The van der Waals surface area contributed by atoms with Crippen molar-refractivity contribution in [2.45, 2.75) is 12.8 Å². The Labute approximate surface area is 125 Å². The van der Waals surface area contributed by atoms with Gasteiger partial charge >= 0.3 is 12.1 Å². The van der Waals surface area contributed by atoms with Gasteiger partial charge in [0.15, 0.2) is 0 Å². The second-order valence-corrected chi connectivity index (χ2v) is 4.65. The van der Waals surface area contributed by atoms with Crippen LogP contribution in [0.5, 0.6) is 0 Å². The maximum absolute atomic E-state index is 13.1. The van der Waals surface area contributed by atoms with E-state index in [4.69, 9.17) is 9.84 Å². The molecule has 0 heterocycles. The Morgan fingerprint density at radius 2 is 1.82 bits per heavy atom. The molecule has 0 bridgehead atoms. The number of carboxylic acid groups (broad SMARTS) is 1. The van der Waals surface area contributed by atoms with Gasteiger partial charge in [-0.15, -0.1) is 0 Å². The molecule has 2 rings (SSSR count). The molecule has 0 aliphatic rings. The third-order valence-corrected chi connectivity index (χ3v) is 3.17. The molecule has 6 heteroatoms. The van der Waals surface area contributed by atoms with Gasteiger partial charge in [-0.1, -0.05) is 24.3 Å². The molecule has 0 saturated heterocycles. The number of ether oxygens (including phenoxy) is 1. The smallest absolute Gasteiger partial charge is 0.417 e. The summed E-state index contributed by atoms with van der Waals surface area (Å²) < 4.78 is 44.4. The highest BCUT2D eigenvalue weighted by Crippen LogP contribution is 2.38. The zero-order chi connectivity index (χ0) is 16.3. The number of hydrogen-bond acceptors (Lipinski definition) is 2. The molecule has 116 valence electrons. The number of aromatic carboxylic acids is 1. The normalized spacial score (nSPS) is 11.5. The number of methoxy groups -OCH3 is 1. The van der Waals surface area contributed by atoms with E-state index < -0.39 is 17.7 Å². The molecule has 0 spiro atoms. The summed E-state index contributed by atoms with van der Waals surface area (Å²) in [5.41, 5.74) is -0.0754. The second-order valence-electron chi connectivity index (χ2n) is 4.65. The highest BCUT2D eigenvalue weighted by Gasteiger charge is 2.33. The number of carboxylic acids is 1. The molecule has 0 radical (unpaired) electrons. The van der Waals surface area contributed by atoms with Crippen LogP contribution in [0.2, 0.25) is 0 Å². The van der Waals surface area contributed by atoms with Crippen LogP contribution in [0.25, 0.3) is 11.1 Å². The molecule has 3 nitrogen and oxygen atoms in total. The van der Waals surface area contributed by atoms with Crippen LogP contribution in [0.15, 0.2) is 42.5 Å². The number of hydrogen-bond donors (Lipinski definition) is 1. The minimum atomic E-state index is -4.49. The van der Waals surface area contributed by atoms with Crippen LogP contribution < -0.4 is 0 Å². The molecule has 0 atom stereocenters. The lowest BCUT2D eigenvalue weighted by Gasteiger charge is -2.16. The molecule has 0 fully saturated rings. The Balaban J connectivity index is 2.65. The van der Waals surface area contributed by atoms with Crippen molar-refractivity contribution in [3.63, 3.8) is 0 Å². The lowest BCUT2D eigenvalue weighted by atomic mass is 9.94. The maximum Gasteiger partial charge on any atom is 0.417 e. The van der Waals surface area contributed by atoms with E-state index in [0.717, 1.165) is 6.07 Å². The van der Waals surface area contributed by atoms with Crippen molar-refractivity contribution < 1.29 is 27.8 Å². The van der Waals surface area contributed by atoms with E-state index in [0.29, 0.717) is 11.1 Å². The van der Waals surface area contributed by atoms with E-state index >= 15 is 0 Å². The fourth-order valence-corrected chi connectivity index (χ4v) is 2.23. The molecular formula is C16H13F3O3. The van der Waals surface area contributed by atoms with E-state index in [-0.39, 0.29) is 17.7 Å². The van der Waals surface area contributed by atoms with Gasteiger partial charge in [0.25, 0.3) is 0 Å². The number of carbonyl (C=O) groups is 1. The van der Waals surface area contributed by atoms with Gasteiger partial charge in [0.1, 0.15) is 0 Å². The molecule has 2 aromatic rings. The first kappa shape index (κ1) is 16.0. The Morgan fingerprint density at radius 3 is 2.41 bits per heavy atom. The summed E-state index contributed by atoms with van der Waals surface area (Å²) >= 11 is 0. The third-order valence-electron chi connectivity index (χ3n) is 3.17. The van der Waals surface area contributed by atoms with E-state index in [1.165, 1.54) is 43.5 Å². The Kier molecular flexibility index (Phi) is 4.51. The van der Waals surface area contributed by atoms with Crippen molar-refractivity contribution >= 4 is 5.97 Å². The summed E-state index contributed by atoms with van der Waals surface area (Å²) in [4.78, 5) is 11.0. The fraction of sp³-hybridized carbons (Fsp3) is 0.188. The summed E-state index contributed by atoms with van der Waals surface area (Å²) in [5, 5.41) is 9.00. The predicted octanol–water partition coefficient (Wildman–Crippen LogP) is 4.22. The summed E-state index contributed by atoms with van der Waals surface area (Å²) in [6.07, 6.45) is -4.49. The molecule has 0 unspecified atom stereocenters. The summed E-state index contributed by atoms with van der Waals surface area (Å²) in [6, 6.07) is 9.16. The van der Waals surface area contributed by atoms with Crippen molar-refractivity contribution in [3.8, 4) is 11.1 Å². The predicted molar refractivity (Wildman–Crippen MR) is 74.6 cm³/mol. The summed E-state index contributed by atoms with van der Waals surface area (Å²) in [5.74, 6) is -1.15. The number of benzene rings is 2. The lowest BCUT2D eigenvalue weighted by molar-refractivity contribution is -0.137. The molecule has 1 N–H and O–H groups in total. The number of alkyl halides is 3. The summed E-state index contributed by atoms with van der Waals surface area (Å²) in [7, 11) is 1.40. The molecule has 0 aliphatic heterocycles. The van der Waals surface area contributed by atoms with Gasteiger partial charge in [0, 0.05) is 7.11 Å². The molecule has 0 aliphatic carbocycles. The van der Waals surface area contributed by atoms with Gasteiger partial charge < -0.3 is 9.84 Å². The van der Waals surface area contributed by atoms with E-state index in [9.17, 15) is 18.0 Å². The van der Waals surface area contributed by atoms with Gasteiger partial charge in [0.05, 0.1) is 17.7 Å². The van der Waals surface area contributed by atoms with Crippen LogP contribution >= 0.6 is 0 Å². The second kappa shape index (κ2) is 6.19. The molecule has 0 aromatic heterocycles. The topological polar surface area (TPSA) is 46.5 Å². The van der Waals surface area contributed by atoms with Crippen LogP contribution in [0.1, 0.15) is 21.5 Å². The van der Waals surface area contributed by atoms with Gasteiger partial charge in [-0.3, -0.25) is 0 Å². The van der Waals surface area contributed by atoms with Crippen molar-refractivity contribution in [2.75, 3.05) is 7.11 Å². The van der Waals surface area contributed by atoms with E-state index in [2.05, 4.69) is 0 Å². The minimum absolute atomic E-state index is 0.000268. The third kappa shape index (κ3) is 3.28. The first-order valence-electron chi connectivity index (χ1n) is 6.36. The zero-order valence-electron chi connectivity index (χ0n) is 11.6. The molecule has 22 heavy (non-hydrogen) atoms. The first-order chi connectivity index (χ1) is 10.3. The molecule has 0 amide bonds. The standard InChI is InChI=1S/C16H13F3O3/c1-22-9-11-8-10(15(20)21)6-7-12(11)13-4-2-3-5-14(13)16(17,18)19/h2-8H,9H2,1H3,(H,20,21). The Morgan fingerprint density at radius 1 is 1.14 bits per heavy atom. The van der Waals surface area contributed by atoms with Gasteiger partial charge in [-0.2, -0.15) is 13.2 Å². The van der Waals surface area contributed by atoms with Crippen LogP contribution in [-0.4, -0.2) is 18.2 Å². The van der Waals surface area contributed by atoms with E-state index in [1.807, 2.05) is 0 Å². The average Bonchev–Trinajstić information content (AvgIpc) is 2.46. The van der Waals surface area contributed by atoms with Crippen molar-refractivity contribution in [1.29, 1.82) is 0 Å². The zero-order valence-corrected chi connectivity index (χ0v) is 11.6. The lowest BCUT2D eigenvalue weighted by Crippen LogP contribution is -2.08. The van der Waals surface area contributed by atoms with Crippen LogP contribution in [0, 0.1) is 0 Å². The van der Waals surface area contributed by atoms with Gasteiger partial charge in [-0.25, -0.2) is 4.79 Å². The fourth-order valence-electron chi connectivity index (χ4n) is 2.23. The number of rotatable bonds is 4. The van der Waals surface area contributed by atoms with Crippen LogP contribution in [0.4, 0.5) is 13.2 Å². The summed E-state index contributed by atoms with van der Waals surface area (Å²) in [6.45, 7) is 0.0165. The van der Waals surface area contributed by atoms with E-state index in [1.54, 1.807) is 0 Å². The van der Waals surface area contributed by atoms with Crippen LogP contribution in [0.3, 0.4) is 0 Å². The Hall–Kier alpha value is -2.34. The van der Waals surface area contributed by atoms with Gasteiger partial charge in [-0.05, 0) is 34.9 Å².